The van der Waals surface area contributed by atoms with Crippen LogP contribution in [0.15, 0.2) is 6.20 Å². The van der Waals surface area contributed by atoms with E-state index < -0.39 is 10.8 Å². The maximum Gasteiger partial charge on any atom is 0.329 e. The summed E-state index contributed by atoms with van der Waals surface area (Å²) in [6.45, 7) is 0.177. The number of aromatic nitrogens is 2. The molecule has 17 heavy (non-hydrogen) atoms. The zero-order valence-electron chi connectivity index (χ0n) is 9.14. The van der Waals surface area contributed by atoms with Gasteiger partial charge in [0.25, 0.3) is 0 Å². The zero-order chi connectivity index (χ0) is 12.8. The second-order valence-corrected chi connectivity index (χ2v) is 3.08. The van der Waals surface area contributed by atoms with Crippen molar-refractivity contribution in [3.63, 3.8) is 0 Å². The molecule has 0 spiro atoms. The number of nitro groups is 1. The third kappa shape index (κ3) is 3.55. The molecule has 1 heterocycles. The van der Waals surface area contributed by atoms with E-state index in [0.717, 1.165) is 6.20 Å². The van der Waals surface area contributed by atoms with Gasteiger partial charge in [-0.15, -0.1) is 0 Å². The summed E-state index contributed by atoms with van der Waals surface area (Å²) in [6.07, 6.45) is 1.15. The highest BCUT2D eigenvalue weighted by molar-refractivity contribution is 5.74. The fourth-order valence-corrected chi connectivity index (χ4v) is 1.06. The van der Waals surface area contributed by atoms with Gasteiger partial charge in [-0.25, -0.2) is 4.98 Å². The van der Waals surface area contributed by atoms with Gasteiger partial charge >= 0.3 is 5.69 Å². The molecular formula is C8H12N6O3. The smallest absolute Gasteiger partial charge is 0.329 e. The quantitative estimate of drug-likeness (QED) is 0.459. The monoisotopic (exact) mass is 240 g/mol. The minimum atomic E-state index is -0.605. The van der Waals surface area contributed by atoms with E-state index in [2.05, 4.69) is 20.6 Å². The van der Waals surface area contributed by atoms with Crippen molar-refractivity contribution in [1.29, 1.82) is 0 Å². The van der Waals surface area contributed by atoms with Crippen LogP contribution in [0.3, 0.4) is 0 Å². The summed E-state index contributed by atoms with van der Waals surface area (Å²) in [4.78, 5) is 28.2. The van der Waals surface area contributed by atoms with Crippen molar-refractivity contribution in [3.8, 4) is 0 Å². The first-order valence-electron chi connectivity index (χ1n) is 4.76. The molecule has 0 aromatic carbocycles. The molecule has 0 radical (unpaired) electrons. The highest BCUT2D eigenvalue weighted by Crippen LogP contribution is 2.21. The first-order chi connectivity index (χ1) is 8.04. The van der Waals surface area contributed by atoms with Crippen molar-refractivity contribution in [3.05, 3.63) is 16.3 Å². The first kappa shape index (κ1) is 12.6. The fraction of sp³-hybridized carbons (Fsp3) is 0.375. The van der Waals surface area contributed by atoms with Crippen LogP contribution in [0.4, 0.5) is 17.5 Å². The van der Waals surface area contributed by atoms with Gasteiger partial charge in [0.15, 0.2) is 0 Å². The van der Waals surface area contributed by atoms with Gasteiger partial charge < -0.3 is 16.4 Å². The van der Waals surface area contributed by atoms with Crippen LogP contribution in [0.1, 0.15) is 6.42 Å². The van der Waals surface area contributed by atoms with Crippen LogP contribution in [-0.4, -0.2) is 34.4 Å². The van der Waals surface area contributed by atoms with Gasteiger partial charge in [-0.05, 0) is 0 Å². The molecule has 9 nitrogen and oxygen atoms in total. The van der Waals surface area contributed by atoms with Crippen molar-refractivity contribution in [2.24, 2.45) is 5.73 Å². The Bertz CT molecular complexity index is 435. The number of nitrogens with two attached hydrogens (primary N) is 1. The van der Waals surface area contributed by atoms with E-state index in [1.165, 1.54) is 0 Å². The molecule has 0 fully saturated rings. The summed E-state index contributed by atoms with van der Waals surface area (Å²) in [5.41, 5.74) is 4.70. The summed E-state index contributed by atoms with van der Waals surface area (Å²) in [5.74, 6) is -0.198. The lowest BCUT2D eigenvalue weighted by Gasteiger charge is -2.06. The summed E-state index contributed by atoms with van der Waals surface area (Å²) in [7, 11) is 1.59. The molecule has 1 rings (SSSR count). The Balaban J connectivity index is 2.85. The summed E-state index contributed by atoms with van der Waals surface area (Å²) >= 11 is 0. The number of nitrogens with one attached hydrogen (secondary N) is 2. The van der Waals surface area contributed by atoms with Crippen molar-refractivity contribution in [2.75, 3.05) is 24.2 Å². The van der Waals surface area contributed by atoms with E-state index in [1.54, 1.807) is 7.05 Å². The van der Waals surface area contributed by atoms with E-state index in [9.17, 15) is 14.9 Å². The Hall–Kier alpha value is -2.45. The van der Waals surface area contributed by atoms with Crippen molar-refractivity contribution >= 4 is 23.4 Å². The number of anilines is 2. The SMILES string of the molecule is CNc1ncc([N+](=O)[O-])c(NCCC(N)=O)n1. The molecule has 0 atom stereocenters. The number of carbonyl (C=O) groups is 1. The Morgan fingerprint density at radius 1 is 1.65 bits per heavy atom. The van der Waals surface area contributed by atoms with Crippen LogP contribution < -0.4 is 16.4 Å². The molecular weight excluding hydrogens is 228 g/mol. The minimum absolute atomic E-state index is 0.0515. The average molecular weight is 240 g/mol. The van der Waals surface area contributed by atoms with Crippen LogP contribution in [0, 0.1) is 10.1 Å². The number of carbonyl (C=O) groups excluding carboxylic acids is 1. The third-order valence-electron chi connectivity index (χ3n) is 1.85. The van der Waals surface area contributed by atoms with E-state index in [-0.39, 0.29) is 30.4 Å². The molecule has 0 saturated carbocycles. The summed E-state index contributed by atoms with van der Waals surface area (Å²) < 4.78 is 0. The second kappa shape index (κ2) is 5.58. The lowest BCUT2D eigenvalue weighted by atomic mass is 10.4. The van der Waals surface area contributed by atoms with E-state index >= 15 is 0 Å². The van der Waals surface area contributed by atoms with Gasteiger partial charge in [-0.3, -0.25) is 14.9 Å². The molecule has 92 valence electrons. The largest absolute Gasteiger partial charge is 0.370 e. The number of hydrogen-bond acceptors (Lipinski definition) is 7. The number of nitrogens with zero attached hydrogens (tertiary/aromatic N) is 3. The lowest BCUT2D eigenvalue weighted by molar-refractivity contribution is -0.384. The maximum absolute atomic E-state index is 10.7. The van der Waals surface area contributed by atoms with Gasteiger partial charge in [-0.2, -0.15) is 4.98 Å². The third-order valence-corrected chi connectivity index (χ3v) is 1.85. The van der Waals surface area contributed by atoms with Crippen LogP contribution in [0.25, 0.3) is 0 Å². The van der Waals surface area contributed by atoms with E-state index in [0.29, 0.717) is 0 Å². The average Bonchev–Trinajstić information content (AvgIpc) is 2.28. The molecule has 0 aliphatic carbocycles. The molecule has 9 heteroatoms. The molecule has 4 N–H and O–H groups in total. The molecule has 0 unspecified atom stereocenters. The van der Waals surface area contributed by atoms with Crippen molar-refractivity contribution in [2.45, 2.75) is 6.42 Å². The molecule has 0 aliphatic heterocycles. The second-order valence-electron chi connectivity index (χ2n) is 3.08. The van der Waals surface area contributed by atoms with Gasteiger partial charge in [0.1, 0.15) is 6.20 Å². The van der Waals surface area contributed by atoms with Gasteiger partial charge in [0, 0.05) is 20.0 Å². The maximum atomic E-state index is 10.7. The number of amides is 1. The van der Waals surface area contributed by atoms with Crippen LogP contribution in [0.5, 0.6) is 0 Å². The van der Waals surface area contributed by atoms with Crippen molar-refractivity contribution < 1.29 is 9.72 Å². The number of primary amides is 1. The van der Waals surface area contributed by atoms with Crippen LogP contribution in [-0.2, 0) is 4.79 Å². The molecule has 0 saturated heterocycles. The van der Waals surface area contributed by atoms with Gasteiger partial charge in [0.2, 0.25) is 17.7 Å². The summed E-state index contributed by atoms with van der Waals surface area (Å²) in [5, 5.41) is 16.0. The topological polar surface area (TPSA) is 136 Å². The predicted octanol–water partition coefficient (Wildman–Crippen LogP) is -0.286. The molecule has 1 amide bonds. The molecule has 0 aliphatic rings. The van der Waals surface area contributed by atoms with Gasteiger partial charge in [-0.1, -0.05) is 0 Å². The minimum Gasteiger partial charge on any atom is -0.370 e. The van der Waals surface area contributed by atoms with E-state index in [4.69, 9.17) is 5.73 Å². The zero-order valence-corrected chi connectivity index (χ0v) is 9.14. The Labute approximate surface area is 96.6 Å². The van der Waals surface area contributed by atoms with Gasteiger partial charge in [0.05, 0.1) is 4.92 Å². The number of rotatable bonds is 6. The molecule has 1 aromatic rings. The Morgan fingerprint density at radius 3 is 2.88 bits per heavy atom. The highest BCUT2D eigenvalue weighted by Gasteiger charge is 2.16. The first-order valence-corrected chi connectivity index (χ1v) is 4.76. The standard InChI is InChI=1S/C8H12N6O3/c1-10-8-12-4-5(14(16)17)7(13-8)11-3-2-6(9)15/h4H,2-3H2,1H3,(H2,9,15)(H2,10,11,12,13). The van der Waals surface area contributed by atoms with Crippen LogP contribution >= 0.6 is 0 Å². The van der Waals surface area contributed by atoms with E-state index in [1.807, 2.05) is 0 Å². The van der Waals surface area contributed by atoms with Crippen LogP contribution in [0.2, 0.25) is 0 Å². The normalized spacial score (nSPS) is 9.71. The number of hydrogen-bond donors (Lipinski definition) is 3. The van der Waals surface area contributed by atoms with Crippen molar-refractivity contribution in [1.82, 2.24) is 9.97 Å². The summed E-state index contributed by atoms with van der Waals surface area (Å²) in [6, 6.07) is 0. The molecule has 0 bridgehead atoms. The Kier molecular flexibility index (Phi) is 4.14. The predicted molar refractivity (Wildman–Crippen MR) is 60.5 cm³/mol. The lowest BCUT2D eigenvalue weighted by Crippen LogP contribution is -2.17. The highest BCUT2D eigenvalue weighted by atomic mass is 16.6. The fourth-order valence-electron chi connectivity index (χ4n) is 1.06. The molecule has 1 aromatic heterocycles. The Morgan fingerprint density at radius 2 is 2.35 bits per heavy atom.